The number of nitrogens with zero attached hydrogens (tertiary/aromatic N) is 2. The van der Waals surface area contributed by atoms with Gasteiger partial charge in [0.2, 0.25) is 11.8 Å². The first-order valence-corrected chi connectivity index (χ1v) is 11.9. The topological polar surface area (TPSA) is 86.8 Å². The van der Waals surface area contributed by atoms with Crippen molar-refractivity contribution in [3.8, 4) is 0 Å². The maximum Gasteiger partial charge on any atom is 0.252 e. The molecule has 1 aromatic carbocycles. The lowest BCUT2D eigenvalue weighted by atomic mass is 10.1. The van der Waals surface area contributed by atoms with E-state index in [1.807, 2.05) is 30.3 Å². The first-order valence-electron chi connectivity index (χ1n) is 9.67. The summed E-state index contributed by atoms with van der Waals surface area (Å²) in [6, 6.07) is 12.7. The Labute approximate surface area is 174 Å². The van der Waals surface area contributed by atoms with Crippen LogP contribution in [0.3, 0.4) is 0 Å². The summed E-state index contributed by atoms with van der Waals surface area (Å²) < 4.78 is 27.0. The van der Waals surface area contributed by atoms with Crippen molar-refractivity contribution in [1.82, 2.24) is 9.62 Å². The molecule has 0 unspecified atom stereocenters. The zero-order valence-electron chi connectivity index (χ0n) is 15.9. The van der Waals surface area contributed by atoms with Gasteiger partial charge in [-0.2, -0.15) is 4.31 Å². The number of hydrogen-bond acceptors (Lipinski definition) is 5. The average molecular weight is 434 g/mol. The van der Waals surface area contributed by atoms with E-state index in [4.69, 9.17) is 0 Å². The molecule has 0 bridgehead atoms. The highest BCUT2D eigenvalue weighted by atomic mass is 32.2. The Morgan fingerprint density at radius 1 is 1.10 bits per heavy atom. The molecule has 2 amide bonds. The summed E-state index contributed by atoms with van der Waals surface area (Å²) >= 11 is 1.19. The van der Waals surface area contributed by atoms with E-state index in [0.29, 0.717) is 23.8 Å². The van der Waals surface area contributed by atoms with Gasteiger partial charge in [-0.05, 0) is 37.1 Å². The normalized spacial score (nSPS) is 20.3. The van der Waals surface area contributed by atoms with E-state index in [2.05, 4.69) is 5.32 Å². The van der Waals surface area contributed by atoms with Crippen LogP contribution in [0, 0.1) is 5.92 Å². The Morgan fingerprint density at radius 3 is 2.55 bits per heavy atom. The van der Waals surface area contributed by atoms with Crippen molar-refractivity contribution in [2.24, 2.45) is 5.92 Å². The number of hydrogen-bond donors (Lipinski definition) is 1. The standard InChI is InChI=1S/C20H23N3O4S2/c24-18-12-15(14-23(18)16-6-2-1-3-7-16)20(25)21-13-17-8-9-19(28-17)29(26,27)22-10-4-5-11-22/h1-3,6-9,15H,4-5,10-14H2,(H,21,25)/t15-/m1/s1. The number of amides is 2. The van der Waals surface area contributed by atoms with Gasteiger partial charge in [0, 0.05) is 36.6 Å². The molecule has 154 valence electrons. The van der Waals surface area contributed by atoms with Gasteiger partial charge < -0.3 is 10.2 Å². The third-order valence-electron chi connectivity index (χ3n) is 5.30. The van der Waals surface area contributed by atoms with Crippen molar-refractivity contribution >= 4 is 38.9 Å². The minimum atomic E-state index is -3.43. The molecular formula is C20H23N3O4S2. The minimum Gasteiger partial charge on any atom is -0.351 e. The maximum atomic E-state index is 12.6. The van der Waals surface area contributed by atoms with Gasteiger partial charge in [-0.3, -0.25) is 9.59 Å². The molecule has 1 aromatic heterocycles. The highest BCUT2D eigenvalue weighted by molar-refractivity contribution is 7.91. The second-order valence-electron chi connectivity index (χ2n) is 7.29. The molecule has 7 nitrogen and oxygen atoms in total. The van der Waals surface area contributed by atoms with E-state index < -0.39 is 15.9 Å². The lowest BCUT2D eigenvalue weighted by Gasteiger charge is -2.16. The fourth-order valence-electron chi connectivity index (χ4n) is 3.71. The van der Waals surface area contributed by atoms with E-state index >= 15 is 0 Å². The van der Waals surface area contributed by atoms with Crippen LogP contribution in [0.2, 0.25) is 0 Å². The van der Waals surface area contributed by atoms with Crippen LogP contribution in [-0.4, -0.2) is 44.2 Å². The van der Waals surface area contributed by atoms with E-state index in [1.54, 1.807) is 17.0 Å². The smallest absolute Gasteiger partial charge is 0.252 e. The van der Waals surface area contributed by atoms with Crippen LogP contribution in [-0.2, 0) is 26.2 Å². The fourth-order valence-corrected chi connectivity index (χ4v) is 6.67. The molecule has 2 aliphatic heterocycles. The van der Waals surface area contributed by atoms with Crippen molar-refractivity contribution in [3.05, 3.63) is 47.3 Å². The number of benzene rings is 1. The Hall–Kier alpha value is -2.23. The molecule has 0 saturated carbocycles. The second-order valence-corrected chi connectivity index (χ2v) is 10.6. The second kappa shape index (κ2) is 8.25. The molecule has 9 heteroatoms. The summed E-state index contributed by atoms with van der Waals surface area (Å²) in [5, 5.41) is 2.85. The Bertz CT molecular complexity index is 998. The Balaban J connectivity index is 1.35. The molecule has 1 N–H and O–H groups in total. The SMILES string of the molecule is O=C(NCc1ccc(S(=O)(=O)N2CCCC2)s1)[C@@H]1CC(=O)N(c2ccccc2)C1. The van der Waals surface area contributed by atoms with Gasteiger partial charge in [0.15, 0.2) is 0 Å². The highest BCUT2D eigenvalue weighted by Gasteiger charge is 2.35. The lowest BCUT2D eigenvalue weighted by molar-refractivity contribution is -0.126. The first kappa shape index (κ1) is 20.1. The molecule has 0 radical (unpaired) electrons. The van der Waals surface area contributed by atoms with E-state index in [0.717, 1.165) is 23.4 Å². The van der Waals surface area contributed by atoms with Gasteiger partial charge in [0.05, 0.1) is 12.5 Å². The van der Waals surface area contributed by atoms with Crippen molar-refractivity contribution in [3.63, 3.8) is 0 Å². The number of sulfonamides is 1. The number of thiophene rings is 1. The summed E-state index contributed by atoms with van der Waals surface area (Å²) in [5.74, 6) is -0.656. The number of carbonyl (C=O) groups is 2. The van der Waals surface area contributed by atoms with Crippen LogP contribution in [0.25, 0.3) is 0 Å². The number of rotatable bonds is 6. The molecular weight excluding hydrogens is 410 g/mol. The number of para-hydroxylation sites is 1. The van der Waals surface area contributed by atoms with Crippen molar-refractivity contribution < 1.29 is 18.0 Å². The third kappa shape index (κ3) is 4.22. The van der Waals surface area contributed by atoms with Crippen LogP contribution in [0.1, 0.15) is 24.1 Å². The number of nitrogens with one attached hydrogen (secondary N) is 1. The maximum absolute atomic E-state index is 12.6. The molecule has 4 rings (SSSR count). The van der Waals surface area contributed by atoms with Gasteiger partial charge in [0.1, 0.15) is 4.21 Å². The monoisotopic (exact) mass is 433 g/mol. The van der Waals surface area contributed by atoms with Crippen LogP contribution in [0.5, 0.6) is 0 Å². The molecule has 0 aliphatic carbocycles. The average Bonchev–Trinajstić information content (AvgIpc) is 3.47. The molecule has 3 heterocycles. The van der Waals surface area contributed by atoms with E-state index in [-0.39, 0.29) is 24.8 Å². The summed E-state index contributed by atoms with van der Waals surface area (Å²) in [6.07, 6.45) is 1.97. The first-order chi connectivity index (χ1) is 13.9. The fraction of sp³-hybridized carbons (Fsp3) is 0.400. The van der Waals surface area contributed by atoms with E-state index in [1.165, 1.54) is 15.6 Å². The van der Waals surface area contributed by atoms with Crippen molar-refractivity contribution in [1.29, 1.82) is 0 Å². The molecule has 2 aliphatic rings. The van der Waals surface area contributed by atoms with Crippen LogP contribution < -0.4 is 10.2 Å². The summed E-state index contributed by atoms with van der Waals surface area (Å²) in [4.78, 5) is 27.2. The molecule has 29 heavy (non-hydrogen) atoms. The summed E-state index contributed by atoms with van der Waals surface area (Å²) in [6.45, 7) is 1.75. The van der Waals surface area contributed by atoms with Gasteiger partial charge in [-0.15, -0.1) is 11.3 Å². The van der Waals surface area contributed by atoms with E-state index in [9.17, 15) is 18.0 Å². The molecule has 2 saturated heterocycles. The van der Waals surface area contributed by atoms with Gasteiger partial charge in [-0.1, -0.05) is 18.2 Å². The molecule has 0 spiro atoms. The van der Waals surface area contributed by atoms with Gasteiger partial charge in [-0.25, -0.2) is 8.42 Å². The van der Waals surface area contributed by atoms with Crippen molar-refractivity contribution in [2.45, 2.75) is 30.0 Å². The zero-order valence-corrected chi connectivity index (χ0v) is 17.5. The molecule has 2 fully saturated rings. The lowest BCUT2D eigenvalue weighted by Crippen LogP contribution is -2.32. The number of anilines is 1. The molecule has 2 aromatic rings. The summed E-state index contributed by atoms with van der Waals surface area (Å²) in [5.41, 5.74) is 0.794. The third-order valence-corrected chi connectivity index (χ3v) is 8.75. The predicted octanol–water partition coefficient (Wildman–Crippen LogP) is 2.20. The zero-order chi connectivity index (χ0) is 20.4. The van der Waals surface area contributed by atoms with Crippen LogP contribution in [0.4, 0.5) is 5.69 Å². The van der Waals surface area contributed by atoms with Crippen molar-refractivity contribution in [2.75, 3.05) is 24.5 Å². The van der Waals surface area contributed by atoms with Crippen LogP contribution >= 0.6 is 11.3 Å². The minimum absolute atomic E-state index is 0.0635. The highest BCUT2D eigenvalue weighted by Crippen LogP contribution is 2.28. The molecule has 1 atom stereocenters. The summed E-state index contributed by atoms with van der Waals surface area (Å²) in [7, 11) is -3.43. The Morgan fingerprint density at radius 2 is 1.83 bits per heavy atom. The predicted molar refractivity (Wildman–Crippen MR) is 111 cm³/mol. The quantitative estimate of drug-likeness (QED) is 0.757. The van der Waals surface area contributed by atoms with Gasteiger partial charge in [0.25, 0.3) is 10.0 Å². The number of carbonyl (C=O) groups excluding carboxylic acids is 2. The van der Waals surface area contributed by atoms with Crippen LogP contribution in [0.15, 0.2) is 46.7 Å². The van der Waals surface area contributed by atoms with Gasteiger partial charge >= 0.3 is 0 Å². The Kier molecular flexibility index (Phi) is 5.71. The largest absolute Gasteiger partial charge is 0.351 e.